The molecule has 0 radical (unpaired) electrons. The average molecular weight is 270 g/mol. The van der Waals surface area contributed by atoms with Gasteiger partial charge in [0.1, 0.15) is 0 Å². The SMILES string of the molecule is O=c1[nH]n(P)c(=O)cc1I. The minimum absolute atomic E-state index is 0.242. The summed E-state index contributed by atoms with van der Waals surface area (Å²) in [5, 5.41) is 2.31. The predicted octanol–water partition coefficient (Wildman–Crippen LogP) is -0.221. The van der Waals surface area contributed by atoms with Crippen molar-refractivity contribution >= 4 is 32.0 Å². The van der Waals surface area contributed by atoms with E-state index in [0.29, 0.717) is 3.57 Å². The Morgan fingerprint density at radius 1 is 1.60 bits per heavy atom. The number of H-pyrrole nitrogens is 1. The van der Waals surface area contributed by atoms with E-state index in [1.54, 1.807) is 22.6 Å². The molecule has 0 aromatic carbocycles. The zero-order chi connectivity index (χ0) is 7.72. The topological polar surface area (TPSA) is 54.9 Å². The molecule has 0 saturated heterocycles. The van der Waals surface area contributed by atoms with E-state index >= 15 is 0 Å². The first-order valence-electron chi connectivity index (χ1n) is 2.38. The summed E-state index contributed by atoms with van der Waals surface area (Å²) in [6.45, 7) is 0. The fourth-order valence-corrected chi connectivity index (χ4v) is 1.04. The molecule has 0 amide bonds. The molecule has 0 bridgehead atoms. The molecule has 1 aromatic rings. The summed E-state index contributed by atoms with van der Waals surface area (Å²) in [6.07, 6.45) is 0. The maximum Gasteiger partial charge on any atom is 0.276 e. The molecule has 6 heteroatoms. The second kappa shape index (κ2) is 2.84. The van der Waals surface area contributed by atoms with Crippen molar-refractivity contribution in [1.29, 1.82) is 0 Å². The third kappa shape index (κ3) is 1.46. The van der Waals surface area contributed by atoms with Crippen LogP contribution >= 0.6 is 32.0 Å². The van der Waals surface area contributed by atoms with Gasteiger partial charge in [0.25, 0.3) is 11.1 Å². The number of aromatic nitrogens is 2. The van der Waals surface area contributed by atoms with Crippen LogP contribution in [-0.4, -0.2) is 9.55 Å². The lowest BCUT2D eigenvalue weighted by Gasteiger charge is -1.93. The van der Waals surface area contributed by atoms with Crippen LogP contribution in [-0.2, 0) is 0 Å². The van der Waals surface area contributed by atoms with Crippen molar-refractivity contribution < 1.29 is 0 Å². The van der Waals surface area contributed by atoms with Crippen LogP contribution in [0.2, 0.25) is 0 Å². The van der Waals surface area contributed by atoms with Crippen LogP contribution in [0.15, 0.2) is 15.7 Å². The van der Waals surface area contributed by atoms with Gasteiger partial charge < -0.3 is 0 Å². The molecule has 10 heavy (non-hydrogen) atoms. The smallest absolute Gasteiger partial charge is 0.268 e. The highest BCUT2D eigenvalue weighted by Gasteiger charge is 1.95. The Labute approximate surface area is 72.0 Å². The van der Waals surface area contributed by atoms with Gasteiger partial charge in [0, 0.05) is 6.07 Å². The summed E-state index contributed by atoms with van der Waals surface area (Å²) in [6, 6.07) is 1.27. The number of hydrogen-bond acceptors (Lipinski definition) is 2. The molecule has 0 saturated carbocycles. The molecule has 1 N–H and O–H groups in total. The summed E-state index contributed by atoms with van der Waals surface area (Å²) in [4.78, 5) is 21.5. The second-order valence-corrected chi connectivity index (χ2v) is 3.32. The Hall–Kier alpha value is -0.160. The number of rotatable bonds is 0. The zero-order valence-corrected chi connectivity index (χ0v) is 8.11. The molecule has 1 aromatic heterocycles. The van der Waals surface area contributed by atoms with Gasteiger partial charge >= 0.3 is 0 Å². The lowest BCUT2D eigenvalue weighted by atomic mass is 10.6. The largest absolute Gasteiger partial charge is 0.276 e. The Morgan fingerprint density at radius 2 is 2.20 bits per heavy atom. The van der Waals surface area contributed by atoms with Crippen LogP contribution in [0.25, 0.3) is 0 Å². The van der Waals surface area contributed by atoms with E-state index in [2.05, 4.69) is 14.5 Å². The van der Waals surface area contributed by atoms with E-state index in [1.807, 2.05) is 0 Å². The van der Waals surface area contributed by atoms with E-state index in [9.17, 15) is 9.59 Å². The van der Waals surface area contributed by atoms with Gasteiger partial charge in [-0.1, -0.05) is 0 Å². The summed E-state index contributed by atoms with van der Waals surface area (Å²) in [5.41, 5.74) is -0.496. The third-order valence-electron chi connectivity index (χ3n) is 0.927. The standard InChI is InChI=1S/C4H4IN2O2P/c5-2-1-3(8)7(10)6-4(2)9/h1H,10H2,(H,6,9). The highest BCUT2D eigenvalue weighted by molar-refractivity contribution is 14.1. The van der Waals surface area contributed by atoms with Crippen LogP contribution in [0.1, 0.15) is 0 Å². The van der Waals surface area contributed by atoms with Crippen LogP contribution < -0.4 is 11.1 Å². The molecule has 0 fully saturated rings. The van der Waals surface area contributed by atoms with Gasteiger partial charge in [-0.2, -0.15) is 0 Å². The molecule has 1 heterocycles. The van der Waals surface area contributed by atoms with Crippen LogP contribution in [0.4, 0.5) is 0 Å². The van der Waals surface area contributed by atoms with E-state index in [-0.39, 0.29) is 11.1 Å². The Kier molecular flexibility index (Phi) is 2.25. The van der Waals surface area contributed by atoms with Crippen molar-refractivity contribution in [2.75, 3.05) is 0 Å². The number of nitrogens with one attached hydrogen (secondary N) is 1. The number of aromatic amines is 1. The van der Waals surface area contributed by atoms with E-state index in [1.165, 1.54) is 6.07 Å². The molecular weight excluding hydrogens is 266 g/mol. The van der Waals surface area contributed by atoms with Crippen LogP contribution in [0, 0.1) is 3.57 Å². The first-order valence-corrected chi connectivity index (χ1v) is 3.98. The molecular formula is C4H4IN2O2P. The van der Waals surface area contributed by atoms with Crippen LogP contribution in [0.3, 0.4) is 0 Å². The summed E-state index contributed by atoms with van der Waals surface area (Å²) in [5.74, 6) is 0. The van der Waals surface area contributed by atoms with E-state index < -0.39 is 0 Å². The Morgan fingerprint density at radius 3 is 2.70 bits per heavy atom. The first-order chi connectivity index (χ1) is 4.61. The molecule has 0 aliphatic heterocycles. The molecule has 4 nitrogen and oxygen atoms in total. The first kappa shape index (κ1) is 7.94. The number of nitrogens with zero attached hydrogens (tertiary/aromatic N) is 1. The van der Waals surface area contributed by atoms with E-state index in [0.717, 1.165) is 4.45 Å². The van der Waals surface area contributed by atoms with Gasteiger partial charge in [-0.15, -0.1) is 0 Å². The fraction of sp³-hybridized carbons (Fsp3) is 0. The summed E-state index contributed by atoms with van der Waals surface area (Å²) >= 11 is 1.80. The van der Waals surface area contributed by atoms with Gasteiger partial charge in [-0.05, 0) is 32.0 Å². The second-order valence-electron chi connectivity index (χ2n) is 1.64. The summed E-state index contributed by atoms with van der Waals surface area (Å²) in [7, 11) is 2.09. The van der Waals surface area contributed by atoms with Crippen LogP contribution in [0.5, 0.6) is 0 Å². The van der Waals surface area contributed by atoms with Gasteiger partial charge in [0.2, 0.25) is 0 Å². The normalized spacial score (nSPS) is 9.80. The van der Waals surface area contributed by atoms with Gasteiger partial charge in [0.15, 0.2) is 0 Å². The van der Waals surface area contributed by atoms with Gasteiger partial charge in [-0.3, -0.25) is 14.7 Å². The average Bonchev–Trinajstić information content (AvgIpc) is 1.84. The maximum atomic E-state index is 10.8. The Balaban J connectivity index is 3.59. The molecule has 1 atom stereocenters. The fourth-order valence-electron chi connectivity index (χ4n) is 0.461. The van der Waals surface area contributed by atoms with Gasteiger partial charge in [-0.25, -0.2) is 4.45 Å². The minimum atomic E-state index is -0.254. The molecule has 54 valence electrons. The van der Waals surface area contributed by atoms with Crippen molar-refractivity contribution in [3.63, 3.8) is 0 Å². The quantitative estimate of drug-likeness (QED) is 0.523. The minimum Gasteiger partial charge on any atom is -0.268 e. The highest BCUT2D eigenvalue weighted by atomic mass is 127. The highest BCUT2D eigenvalue weighted by Crippen LogP contribution is 1.90. The van der Waals surface area contributed by atoms with Crippen molar-refractivity contribution in [2.45, 2.75) is 0 Å². The maximum absolute atomic E-state index is 10.8. The molecule has 0 aliphatic rings. The predicted molar refractivity (Wildman–Crippen MR) is 49.1 cm³/mol. The lowest BCUT2D eigenvalue weighted by molar-refractivity contribution is 0.880. The monoisotopic (exact) mass is 270 g/mol. The number of hydrogen-bond donors (Lipinski definition) is 1. The number of halogens is 1. The zero-order valence-electron chi connectivity index (χ0n) is 4.80. The third-order valence-corrected chi connectivity index (χ3v) is 2.11. The molecule has 0 spiro atoms. The molecule has 1 rings (SSSR count). The molecule has 1 unspecified atom stereocenters. The molecule has 0 aliphatic carbocycles. The summed E-state index contributed by atoms with van der Waals surface area (Å²) < 4.78 is 1.46. The Bertz CT molecular complexity index is 319. The van der Waals surface area contributed by atoms with Crippen molar-refractivity contribution in [3.8, 4) is 0 Å². The van der Waals surface area contributed by atoms with Crippen molar-refractivity contribution in [2.24, 2.45) is 0 Å². The van der Waals surface area contributed by atoms with Crippen molar-refractivity contribution in [1.82, 2.24) is 9.55 Å². The van der Waals surface area contributed by atoms with E-state index in [4.69, 9.17) is 0 Å². The lowest BCUT2D eigenvalue weighted by Crippen LogP contribution is -2.24. The van der Waals surface area contributed by atoms with Gasteiger partial charge in [0.05, 0.1) is 3.57 Å². The van der Waals surface area contributed by atoms with Crippen molar-refractivity contribution in [3.05, 3.63) is 30.3 Å².